The van der Waals surface area contributed by atoms with Crippen molar-refractivity contribution < 1.29 is 56.8 Å². The number of rotatable bonds is 46. The van der Waals surface area contributed by atoms with Crippen LogP contribution in [0, 0.1) is 0 Å². The van der Waals surface area contributed by atoms with Crippen LogP contribution in [-0.2, 0) is 38.7 Å². The Balaban J connectivity index is 2.33. The Hall–Kier alpha value is -1.61. The molecule has 1 aliphatic heterocycles. The normalized spacial score (nSPS) is 19.5. The number of carbonyl (C=O) groups excluding carboxylic acids is 2. The van der Waals surface area contributed by atoms with Crippen LogP contribution in [0.5, 0.6) is 0 Å². The van der Waals surface area contributed by atoms with E-state index >= 15 is 0 Å². The summed E-state index contributed by atoms with van der Waals surface area (Å²) in [6, 6.07) is 0. The summed E-state index contributed by atoms with van der Waals surface area (Å²) in [6.45, 7) is 3.79. The molecule has 0 spiro atoms. The van der Waals surface area contributed by atoms with Crippen molar-refractivity contribution in [2.75, 3.05) is 19.0 Å². The third-order valence-corrected chi connectivity index (χ3v) is 13.3. The summed E-state index contributed by atoms with van der Waals surface area (Å²) in [5, 5.41) is 31.0. The molecule has 384 valence electrons. The zero-order valence-corrected chi connectivity index (χ0v) is 42.2. The predicted molar refractivity (Wildman–Crippen MR) is 261 cm³/mol. The van der Waals surface area contributed by atoms with Crippen molar-refractivity contribution in [1.29, 1.82) is 0 Å². The molecule has 0 amide bonds. The van der Waals surface area contributed by atoms with Crippen molar-refractivity contribution in [3.8, 4) is 0 Å². The first kappa shape index (κ1) is 61.4. The summed E-state index contributed by atoms with van der Waals surface area (Å²) in [4.78, 5) is 25.5. The maximum Gasteiger partial charge on any atom is 0.306 e. The predicted octanol–water partition coefficient (Wildman–Crippen LogP) is 12.2. The first-order valence-corrected chi connectivity index (χ1v) is 28.4. The third kappa shape index (κ3) is 37.0. The van der Waals surface area contributed by atoms with Gasteiger partial charge in [-0.25, -0.2) is 0 Å². The van der Waals surface area contributed by atoms with Gasteiger partial charge in [0.05, 0.1) is 6.61 Å². The molecule has 0 aromatic rings. The van der Waals surface area contributed by atoms with E-state index in [0.29, 0.717) is 12.8 Å². The smallest absolute Gasteiger partial charge is 0.306 e. The first-order chi connectivity index (χ1) is 31.5. The second-order valence-electron chi connectivity index (χ2n) is 18.9. The molecule has 0 aliphatic carbocycles. The van der Waals surface area contributed by atoms with E-state index in [1.165, 1.54) is 173 Å². The summed E-state index contributed by atoms with van der Waals surface area (Å²) in [5.41, 5.74) is 0. The van der Waals surface area contributed by atoms with E-state index in [2.05, 4.69) is 26.0 Å². The Morgan fingerprint density at radius 3 is 1.31 bits per heavy atom. The minimum Gasteiger partial charge on any atom is -0.462 e. The molecule has 0 aromatic carbocycles. The van der Waals surface area contributed by atoms with Gasteiger partial charge in [0, 0.05) is 12.8 Å². The molecule has 2 unspecified atom stereocenters. The molecule has 0 radical (unpaired) electrons. The van der Waals surface area contributed by atoms with E-state index in [9.17, 15) is 37.9 Å². The Labute approximate surface area is 396 Å². The van der Waals surface area contributed by atoms with Crippen LogP contribution in [0.3, 0.4) is 0 Å². The molecule has 1 rings (SSSR count). The van der Waals surface area contributed by atoms with E-state index in [1.807, 2.05) is 0 Å². The number of aliphatic hydroxyl groups excluding tert-OH is 3. The van der Waals surface area contributed by atoms with Crippen molar-refractivity contribution in [3.63, 3.8) is 0 Å². The number of hydrogen-bond acceptors (Lipinski definition) is 11. The Bertz CT molecular complexity index is 1250. The number of unbranched alkanes of at least 4 members (excludes halogenated alkanes) is 32. The average molecular weight is 947 g/mol. The molecule has 6 atom stereocenters. The highest BCUT2D eigenvalue weighted by Gasteiger charge is 2.46. The molecule has 1 fully saturated rings. The molecule has 0 bridgehead atoms. The van der Waals surface area contributed by atoms with Crippen LogP contribution in [0.15, 0.2) is 12.2 Å². The molecule has 1 aliphatic rings. The van der Waals surface area contributed by atoms with Crippen molar-refractivity contribution in [2.45, 2.75) is 288 Å². The lowest BCUT2D eigenvalue weighted by molar-refractivity contribution is -0.297. The van der Waals surface area contributed by atoms with E-state index < -0.39 is 71.2 Å². The topological polar surface area (TPSA) is 186 Å². The van der Waals surface area contributed by atoms with Gasteiger partial charge in [0.25, 0.3) is 10.1 Å². The van der Waals surface area contributed by atoms with Gasteiger partial charge < -0.3 is 34.3 Å². The first-order valence-electron chi connectivity index (χ1n) is 26.7. The van der Waals surface area contributed by atoms with Gasteiger partial charge in [-0.2, -0.15) is 8.42 Å². The fourth-order valence-electron chi connectivity index (χ4n) is 8.44. The molecule has 1 saturated heterocycles. The maximum atomic E-state index is 12.8. The largest absolute Gasteiger partial charge is 0.462 e. The SMILES string of the molecule is CCCCCCCCCCC/C=C/CCCCC(=O)O[C@H](COC(=O)CCCCCCCCCCCCCCCCCCCCCCCC)CO[C@H]1O[C@H](CS(=O)(=O)O)[C@@H](O)C(O)C1O. The van der Waals surface area contributed by atoms with Gasteiger partial charge in [0.2, 0.25) is 0 Å². The minimum atomic E-state index is -4.60. The van der Waals surface area contributed by atoms with Gasteiger partial charge in [-0.05, 0) is 38.5 Å². The van der Waals surface area contributed by atoms with Gasteiger partial charge in [-0.15, -0.1) is 0 Å². The highest BCUT2D eigenvalue weighted by molar-refractivity contribution is 7.85. The van der Waals surface area contributed by atoms with Gasteiger partial charge in [0.1, 0.15) is 36.8 Å². The Kier molecular flexibility index (Phi) is 40.1. The number of allylic oxidation sites excluding steroid dienone is 2. The quantitative estimate of drug-likeness (QED) is 0.0196. The molecular weight excluding hydrogens is 849 g/mol. The molecule has 65 heavy (non-hydrogen) atoms. The lowest BCUT2D eigenvalue weighted by Gasteiger charge is -2.40. The number of esters is 2. The molecule has 0 aromatic heterocycles. The lowest BCUT2D eigenvalue weighted by Crippen LogP contribution is -2.60. The number of aliphatic hydroxyl groups is 3. The fraction of sp³-hybridized carbons (Fsp3) is 0.923. The molecular formula is C52H98O12S. The fourth-order valence-corrected chi connectivity index (χ4v) is 9.13. The summed E-state index contributed by atoms with van der Waals surface area (Å²) in [7, 11) is -4.60. The summed E-state index contributed by atoms with van der Waals surface area (Å²) < 4.78 is 54.2. The Morgan fingerprint density at radius 2 is 0.877 bits per heavy atom. The summed E-state index contributed by atoms with van der Waals surface area (Å²) in [5.74, 6) is -1.99. The minimum absolute atomic E-state index is 0.139. The lowest BCUT2D eigenvalue weighted by atomic mass is 10.00. The van der Waals surface area contributed by atoms with Gasteiger partial charge in [0.15, 0.2) is 12.4 Å². The van der Waals surface area contributed by atoms with E-state index in [0.717, 1.165) is 38.5 Å². The highest BCUT2D eigenvalue weighted by atomic mass is 32.2. The van der Waals surface area contributed by atoms with Gasteiger partial charge in [-0.1, -0.05) is 212 Å². The van der Waals surface area contributed by atoms with Crippen LogP contribution in [0.25, 0.3) is 0 Å². The van der Waals surface area contributed by atoms with Crippen LogP contribution in [-0.4, -0.2) is 96.0 Å². The summed E-state index contributed by atoms with van der Waals surface area (Å²) in [6.07, 6.45) is 38.3. The molecule has 1 heterocycles. The van der Waals surface area contributed by atoms with Gasteiger partial charge in [-0.3, -0.25) is 14.1 Å². The van der Waals surface area contributed by atoms with Gasteiger partial charge >= 0.3 is 11.9 Å². The van der Waals surface area contributed by atoms with Crippen LogP contribution in [0.4, 0.5) is 0 Å². The molecule has 0 saturated carbocycles. The Morgan fingerprint density at radius 1 is 0.508 bits per heavy atom. The summed E-state index contributed by atoms with van der Waals surface area (Å²) >= 11 is 0. The van der Waals surface area contributed by atoms with Crippen LogP contribution >= 0.6 is 0 Å². The van der Waals surface area contributed by atoms with Crippen LogP contribution in [0.2, 0.25) is 0 Å². The van der Waals surface area contributed by atoms with Crippen LogP contribution < -0.4 is 0 Å². The number of ether oxygens (including phenoxy) is 4. The highest BCUT2D eigenvalue weighted by Crippen LogP contribution is 2.24. The zero-order valence-electron chi connectivity index (χ0n) is 41.4. The second kappa shape index (κ2) is 42.5. The number of hydrogen-bond donors (Lipinski definition) is 4. The molecule has 12 nitrogen and oxygen atoms in total. The number of carbonyl (C=O) groups is 2. The van der Waals surface area contributed by atoms with E-state index in [-0.39, 0.29) is 19.4 Å². The molecule has 13 heteroatoms. The standard InChI is InChI=1S/C52H98O12S/c1-3-5-7-9-11-13-15-17-19-20-21-22-23-24-25-27-28-30-32-34-36-38-40-47(53)61-42-45(43-62-52-51(57)50(56)49(55)46(64-52)44-65(58,59)60)63-48(54)41-39-37-35-33-31-29-26-18-16-14-12-10-8-6-4-2/h31,33,45-46,49-52,55-57H,3-30,32,34-44H2,1-2H3,(H,58,59,60)/b33-31+/t45-,46-,49-,50?,51?,52+/m1/s1. The maximum absolute atomic E-state index is 12.8. The van der Waals surface area contributed by atoms with Crippen molar-refractivity contribution >= 4 is 22.1 Å². The average Bonchev–Trinajstić information content (AvgIpc) is 3.27. The van der Waals surface area contributed by atoms with Crippen molar-refractivity contribution in [2.24, 2.45) is 0 Å². The second-order valence-corrected chi connectivity index (χ2v) is 20.4. The van der Waals surface area contributed by atoms with E-state index in [1.54, 1.807) is 0 Å². The monoisotopic (exact) mass is 947 g/mol. The zero-order chi connectivity index (χ0) is 47.6. The van der Waals surface area contributed by atoms with E-state index in [4.69, 9.17) is 18.9 Å². The third-order valence-electron chi connectivity index (χ3n) is 12.6. The van der Waals surface area contributed by atoms with Crippen LogP contribution in [0.1, 0.15) is 251 Å². The van der Waals surface area contributed by atoms with Crippen molar-refractivity contribution in [1.82, 2.24) is 0 Å². The molecule has 4 N–H and O–H groups in total. The van der Waals surface area contributed by atoms with Crippen molar-refractivity contribution in [3.05, 3.63) is 12.2 Å².